The molecule has 1 N–H and O–H groups in total. The number of nitrogens with one attached hydrogen (secondary N) is 1. The number of amides is 1. The number of anilines is 1. The largest absolute Gasteiger partial charge is 0.416 e. The van der Waals surface area contributed by atoms with Gasteiger partial charge >= 0.3 is 6.18 Å². The molecule has 0 saturated carbocycles. The van der Waals surface area contributed by atoms with E-state index in [0.717, 1.165) is 12.1 Å². The van der Waals surface area contributed by atoms with E-state index in [0.29, 0.717) is 26.9 Å². The van der Waals surface area contributed by atoms with Crippen LogP contribution in [0, 0.1) is 0 Å². The van der Waals surface area contributed by atoms with Crippen molar-refractivity contribution < 1.29 is 18.0 Å². The molecule has 0 bridgehead atoms. The number of hydrogen-bond acceptors (Lipinski definition) is 1. The zero-order chi connectivity index (χ0) is 16.1. The minimum absolute atomic E-state index is 0.297. The van der Waals surface area contributed by atoms with Crippen molar-refractivity contribution in [1.82, 2.24) is 0 Å². The molecule has 1 atom stereocenters. The van der Waals surface area contributed by atoms with Crippen molar-refractivity contribution in [2.75, 3.05) is 5.32 Å². The zero-order valence-corrected chi connectivity index (χ0v) is 12.4. The van der Waals surface area contributed by atoms with Gasteiger partial charge in [-0.05, 0) is 29.8 Å². The highest BCUT2D eigenvalue weighted by atomic mass is 35.5. The number of rotatable bonds is 1. The summed E-state index contributed by atoms with van der Waals surface area (Å²) in [6, 6.07) is 7.53. The van der Waals surface area contributed by atoms with Gasteiger partial charge in [-0.1, -0.05) is 35.3 Å². The van der Waals surface area contributed by atoms with Crippen LogP contribution in [0.25, 0.3) is 0 Å². The third kappa shape index (κ3) is 2.55. The predicted octanol–water partition coefficient (Wildman–Crippen LogP) is 5.10. The number of hydrogen-bond donors (Lipinski definition) is 1. The molecule has 114 valence electrons. The summed E-state index contributed by atoms with van der Waals surface area (Å²) in [6.45, 7) is 0. The Balaban J connectivity index is 2.05. The standard InChI is InChI=1S/C15H8Cl2F3NO/c16-9-5-10(17)13-11(6-9)21-14(22)12(13)7-1-3-8(4-2-7)15(18,19)20/h1-6,12H,(H,21,22). The summed E-state index contributed by atoms with van der Waals surface area (Å²) in [5.74, 6) is -1.10. The molecule has 1 heterocycles. The lowest BCUT2D eigenvalue weighted by atomic mass is 9.92. The molecule has 1 aliphatic rings. The molecule has 7 heteroatoms. The molecule has 2 nitrogen and oxygen atoms in total. The van der Waals surface area contributed by atoms with Gasteiger partial charge in [-0.3, -0.25) is 4.79 Å². The molecule has 3 rings (SSSR count). The second-order valence-corrected chi connectivity index (χ2v) is 5.73. The van der Waals surface area contributed by atoms with Crippen molar-refractivity contribution >= 4 is 34.8 Å². The first-order chi connectivity index (χ1) is 10.3. The molecule has 2 aromatic carbocycles. The van der Waals surface area contributed by atoms with E-state index in [1.807, 2.05) is 0 Å². The summed E-state index contributed by atoms with van der Waals surface area (Å²) in [5.41, 5.74) is 0.675. The van der Waals surface area contributed by atoms with E-state index >= 15 is 0 Å². The number of alkyl halides is 3. The average Bonchev–Trinajstić information content (AvgIpc) is 2.74. The summed E-state index contributed by atoms with van der Waals surface area (Å²) in [4.78, 5) is 12.1. The summed E-state index contributed by atoms with van der Waals surface area (Å²) >= 11 is 12.0. The Morgan fingerprint density at radius 2 is 1.68 bits per heavy atom. The van der Waals surface area contributed by atoms with Gasteiger partial charge in [-0.2, -0.15) is 13.2 Å². The van der Waals surface area contributed by atoms with Gasteiger partial charge in [-0.15, -0.1) is 0 Å². The van der Waals surface area contributed by atoms with Crippen LogP contribution in [0.4, 0.5) is 18.9 Å². The van der Waals surface area contributed by atoms with Gasteiger partial charge in [0, 0.05) is 21.3 Å². The fraction of sp³-hybridized carbons (Fsp3) is 0.133. The minimum Gasteiger partial charge on any atom is -0.325 e. The normalized spacial score (nSPS) is 17.3. The van der Waals surface area contributed by atoms with E-state index in [4.69, 9.17) is 23.2 Å². The van der Waals surface area contributed by atoms with Gasteiger partial charge in [0.05, 0.1) is 11.5 Å². The maximum absolute atomic E-state index is 12.6. The molecule has 0 aromatic heterocycles. The maximum Gasteiger partial charge on any atom is 0.416 e. The van der Waals surface area contributed by atoms with Crippen LogP contribution in [0.5, 0.6) is 0 Å². The number of carbonyl (C=O) groups is 1. The molecule has 2 aromatic rings. The monoisotopic (exact) mass is 345 g/mol. The predicted molar refractivity (Wildman–Crippen MR) is 78.4 cm³/mol. The third-order valence-corrected chi connectivity index (χ3v) is 4.01. The lowest BCUT2D eigenvalue weighted by Crippen LogP contribution is -2.14. The van der Waals surface area contributed by atoms with E-state index in [9.17, 15) is 18.0 Å². The Bertz CT molecular complexity index is 757. The Morgan fingerprint density at radius 1 is 1.05 bits per heavy atom. The van der Waals surface area contributed by atoms with Crippen LogP contribution < -0.4 is 5.32 Å². The fourth-order valence-corrected chi connectivity index (χ4v) is 3.10. The van der Waals surface area contributed by atoms with Crippen LogP contribution in [0.3, 0.4) is 0 Å². The summed E-state index contributed by atoms with van der Waals surface area (Å²) in [7, 11) is 0. The topological polar surface area (TPSA) is 29.1 Å². The number of fused-ring (bicyclic) bond motifs is 1. The van der Waals surface area contributed by atoms with E-state index in [1.165, 1.54) is 18.2 Å². The Labute approximate surface area is 133 Å². The average molecular weight is 346 g/mol. The second kappa shape index (κ2) is 5.18. The van der Waals surface area contributed by atoms with Crippen molar-refractivity contribution in [1.29, 1.82) is 0 Å². The Kier molecular flexibility index (Phi) is 3.57. The Morgan fingerprint density at radius 3 is 2.27 bits per heavy atom. The van der Waals surface area contributed by atoms with Crippen molar-refractivity contribution in [3.8, 4) is 0 Å². The van der Waals surface area contributed by atoms with Gasteiger partial charge in [0.2, 0.25) is 5.91 Å². The molecule has 1 unspecified atom stereocenters. The number of halogens is 5. The molecular formula is C15H8Cl2F3NO. The van der Waals surface area contributed by atoms with Gasteiger partial charge in [0.1, 0.15) is 0 Å². The van der Waals surface area contributed by atoms with Gasteiger partial charge < -0.3 is 5.32 Å². The SMILES string of the molecule is O=C1Nc2cc(Cl)cc(Cl)c2C1c1ccc(C(F)(F)F)cc1. The Hall–Kier alpha value is -1.72. The number of carbonyl (C=O) groups excluding carboxylic acids is 1. The van der Waals surface area contributed by atoms with E-state index in [1.54, 1.807) is 6.07 Å². The molecule has 0 aliphatic carbocycles. The van der Waals surface area contributed by atoms with Crippen molar-refractivity contribution in [2.45, 2.75) is 12.1 Å². The van der Waals surface area contributed by atoms with Crippen LogP contribution in [-0.4, -0.2) is 5.91 Å². The first-order valence-corrected chi connectivity index (χ1v) is 7.00. The van der Waals surface area contributed by atoms with Crippen LogP contribution >= 0.6 is 23.2 Å². The first kappa shape index (κ1) is 15.2. The third-order valence-electron chi connectivity index (χ3n) is 3.47. The number of benzene rings is 2. The van der Waals surface area contributed by atoms with Crippen LogP contribution in [-0.2, 0) is 11.0 Å². The quantitative estimate of drug-likeness (QED) is 0.765. The molecule has 0 fully saturated rings. The molecular weight excluding hydrogens is 338 g/mol. The smallest absolute Gasteiger partial charge is 0.325 e. The highest BCUT2D eigenvalue weighted by Crippen LogP contribution is 2.43. The summed E-state index contributed by atoms with van der Waals surface area (Å²) in [6.07, 6.45) is -4.42. The maximum atomic E-state index is 12.6. The van der Waals surface area contributed by atoms with Crippen LogP contribution in [0.1, 0.15) is 22.6 Å². The summed E-state index contributed by atoms with van der Waals surface area (Å²) in [5, 5.41) is 3.31. The van der Waals surface area contributed by atoms with Crippen molar-refractivity contribution in [2.24, 2.45) is 0 Å². The molecule has 0 saturated heterocycles. The van der Waals surface area contributed by atoms with Crippen molar-refractivity contribution in [3.63, 3.8) is 0 Å². The van der Waals surface area contributed by atoms with Gasteiger partial charge in [0.15, 0.2) is 0 Å². The molecule has 0 spiro atoms. The summed E-state index contributed by atoms with van der Waals surface area (Å²) < 4.78 is 37.8. The second-order valence-electron chi connectivity index (χ2n) is 4.89. The highest BCUT2D eigenvalue weighted by Gasteiger charge is 2.35. The molecule has 0 radical (unpaired) electrons. The van der Waals surface area contributed by atoms with Gasteiger partial charge in [0.25, 0.3) is 0 Å². The minimum atomic E-state index is -4.42. The lowest BCUT2D eigenvalue weighted by molar-refractivity contribution is -0.137. The van der Waals surface area contributed by atoms with E-state index in [-0.39, 0.29) is 5.91 Å². The van der Waals surface area contributed by atoms with Crippen LogP contribution in [0.15, 0.2) is 36.4 Å². The lowest BCUT2D eigenvalue weighted by Gasteiger charge is -2.13. The molecule has 1 amide bonds. The molecule has 1 aliphatic heterocycles. The van der Waals surface area contributed by atoms with E-state index < -0.39 is 17.7 Å². The highest BCUT2D eigenvalue weighted by molar-refractivity contribution is 6.36. The fourth-order valence-electron chi connectivity index (χ4n) is 2.50. The van der Waals surface area contributed by atoms with Crippen molar-refractivity contribution in [3.05, 3.63) is 63.1 Å². The first-order valence-electron chi connectivity index (χ1n) is 6.24. The molecule has 22 heavy (non-hydrogen) atoms. The van der Waals surface area contributed by atoms with Gasteiger partial charge in [-0.25, -0.2) is 0 Å². The van der Waals surface area contributed by atoms with E-state index in [2.05, 4.69) is 5.32 Å². The van der Waals surface area contributed by atoms with Crippen LogP contribution in [0.2, 0.25) is 10.0 Å². The zero-order valence-electron chi connectivity index (χ0n) is 10.8.